The number of piperidine rings is 1. The van der Waals surface area contributed by atoms with Gasteiger partial charge in [0, 0.05) is 13.1 Å². The normalized spacial score (nSPS) is 18.4. The van der Waals surface area contributed by atoms with Crippen molar-refractivity contribution in [3.63, 3.8) is 0 Å². The monoisotopic (exact) mass is 297 g/mol. The zero-order chi connectivity index (χ0) is 15.2. The maximum absolute atomic E-state index is 12.1. The molecule has 1 aromatic rings. The summed E-state index contributed by atoms with van der Waals surface area (Å²) < 4.78 is 6.05. The number of aromatic nitrogens is 3. The minimum atomic E-state index is -0.616. The summed E-state index contributed by atoms with van der Waals surface area (Å²) in [6.07, 6.45) is 1.89. The zero-order valence-corrected chi connectivity index (χ0v) is 11.9. The van der Waals surface area contributed by atoms with Gasteiger partial charge < -0.3 is 14.7 Å². The molecule has 0 saturated carbocycles. The lowest BCUT2D eigenvalue weighted by molar-refractivity contribution is -0.135. The Morgan fingerprint density at radius 3 is 3.10 bits per heavy atom. The molecule has 0 aliphatic carbocycles. The van der Waals surface area contributed by atoms with E-state index in [0.717, 1.165) is 12.8 Å². The van der Waals surface area contributed by atoms with Gasteiger partial charge in [-0.25, -0.2) is 9.48 Å². The van der Waals surface area contributed by atoms with E-state index < -0.39 is 12.2 Å². The van der Waals surface area contributed by atoms with Crippen molar-refractivity contribution in [3.8, 4) is 0 Å². The van der Waals surface area contributed by atoms with Crippen molar-refractivity contribution in [2.45, 2.75) is 32.4 Å². The van der Waals surface area contributed by atoms with Crippen molar-refractivity contribution in [3.05, 3.63) is 6.20 Å². The summed E-state index contributed by atoms with van der Waals surface area (Å²) in [7, 11) is 0. The summed E-state index contributed by atoms with van der Waals surface area (Å²) in [6.45, 7) is 2.96. The highest BCUT2D eigenvalue weighted by Crippen LogP contribution is 2.10. The molecule has 9 nitrogen and oxygen atoms in total. The van der Waals surface area contributed by atoms with Crippen molar-refractivity contribution in [1.82, 2.24) is 19.9 Å². The number of carbonyl (C=O) groups excluding carboxylic acids is 2. The van der Waals surface area contributed by atoms with E-state index in [-0.39, 0.29) is 24.9 Å². The van der Waals surface area contributed by atoms with Gasteiger partial charge in [-0.3, -0.25) is 10.1 Å². The Balaban J connectivity index is 1.86. The SMILES string of the molecule is CCOC(=O)Nc1cn(CC(=O)N2CCCC(O)C2)nn1. The molecule has 9 heteroatoms. The van der Waals surface area contributed by atoms with Gasteiger partial charge in [0.25, 0.3) is 0 Å². The van der Waals surface area contributed by atoms with Gasteiger partial charge in [-0.15, -0.1) is 5.10 Å². The van der Waals surface area contributed by atoms with Crippen molar-refractivity contribution in [2.75, 3.05) is 25.0 Å². The average molecular weight is 297 g/mol. The topological polar surface area (TPSA) is 110 Å². The number of ether oxygens (including phenoxy) is 1. The molecule has 1 aliphatic heterocycles. The maximum atomic E-state index is 12.1. The summed E-state index contributed by atoms with van der Waals surface area (Å²) in [5, 5.41) is 19.5. The molecule has 1 saturated heterocycles. The van der Waals surface area contributed by atoms with Crippen LogP contribution in [0.3, 0.4) is 0 Å². The molecule has 1 fully saturated rings. The van der Waals surface area contributed by atoms with Crippen LogP contribution in [-0.2, 0) is 16.1 Å². The first-order chi connectivity index (χ1) is 10.1. The van der Waals surface area contributed by atoms with Crippen molar-refractivity contribution in [1.29, 1.82) is 0 Å². The number of nitrogens with one attached hydrogen (secondary N) is 1. The van der Waals surface area contributed by atoms with Crippen LogP contribution in [0.15, 0.2) is 6.20 Å². The van der Waals surface area contributed by atoms with E-state index in [1.807, 2.05) is 0 Å². The van der Waals surface area contributed by atoms with Crippen LogP contribution < -0.4 is 5.32 Å². The summed E-state index contributed by atoms with van der Waals surface area (Å²) in [4.78, 5) is 24.9. The number of nitrogens with zero attached hydrogens (tertiary/aromatic N) is 4. The Kier molecular flexibility index (Phi) is 5.09. The van der Waals surface area contributed by atoms with Gasteiger partial charge in [0.1, 0.15) is 6.54 Å². The smallest absolute Gasteiger partial charge is 0.412 e. The van der Waals surface area contributed by atoms with Crippen LogP contribution >= 0.6 is 0 Å². The van der Waals surface area contributed by atoms with Gasteiger partial charge in [-0.2, -0.15) is 0 Å². The van der Waals surface area contributed by atoms with E-state index in [9.17, 15) is 14.7 Å². The van der Waals surface area contributed by atoms with Gasteiger partial charge in [-0.05, 0) is 19.8 Å². The number of hydrogen-bond donors (Lipinski definition) is 2. The first-order valence-electron chi connectivity index (χ1n) is 6.88. The molecule has 0 aromatic carbocycles. The van der Waals surface area contributed by atoms with Gasteiger partial charge in [0.15, 0.2) is 5.82 Å². The number of aliphatic hydroxyl groups excluding tert-OH is 1. The molecule has 2 N–H and O–H groups in total. The molecule has 2 rings (SSSR count). The van der Waals surface area contributed by atoms with E-state index in [2.05, 4.69) is 15.6 Å². The predicted molar refractivity (Wildman–Crippen MR) is 72.5 cm³/mol. The number of aliphatic hydroxyl groups is 1. The summed E-state index contributed by atoms with van der Waals surface area (Å²) in [6, 6.07) is 0. The first-order valence-corrected chi connectivity index (χ1v) is 6.88. The average Bonchev–Trinajstić information content (AvgIpc) is 2.86. The van der Waals surface area contributed by atoms with Crippen LogP contribution in [0.4, 0.5) is 10.6 Å². The lowest BCUT2D eigenvalue weighted by Gasteiger charge is -2.29. The Hall–Kier alpha value is -2.16. The van der Waals surface area contributed by atoms with Crippen LogP contribution in [0.2, 0.25) is 0 Å². The molecule has 1 unspecified atom stereocenters. The van der Waals surface area contributed by atoms with E-state index in [0.29, 0.717) is 13.1 Å². The molecule has 116 valence electrons. The van der Waals surface area contributed by atoms with Crippen LogP contribution in [-0.4, -0.2) is 62.8 Å². The number of carbonyl (C=O) groups is 2. The van der Waals surface area contributed by atoms with Gasteiger partial charge in [0.05, 0.1) is 18.9 Å². The Labute approximate surface area is 121 Å². The van der Waals surface area contributed by atoms with E-state index in [1.54, 1.807) is 11.8 Å². The van der Waals surface area contributed by atoms with Crippen LogP contribution in [0.25, 0.3) is 0 Å². The number of anilines is 1. The molecule has 2 heterocycles. The molecule has 21 heavy (non-hydrogen) atoms. The van der Waals surface area contributed by atoms with E-state index in [4.69, 9.17) is 4.74 Å². The molecular formula is C12H19N5O4. The highest BCUT2D eigenvalue weighted by molar-refractivity contribution is 5.83. The number of β-amino-alcohol motifs (C(OH)–C–C–N with tert-alkyl or cyclic N) is 1. The first kappa shape index (κ1) is 15.2. The fourth-order valence-corrected chi connectivity index (χ4v) is 2.12. The van der Waals surface area contributed by atoms with E-state index in [1.165, 1.54) is 10.9 Å². The highest BCUT2D eigenvalue weighted by Gasteiger charge is 2.22. The minimum absolute atomic E-state index is 0.0181. The van der Waals surface area contributed by atoms with Gasteiger partial charge in [-0.1, -0.05) is 5.21 Å². The molecule has 0 radical (unpaired) electrons. The molecule has 1 aromatic heterocycles. The predicted octanol–water partition coefficient (Wildman–Crippen LogP) is -0.170. The second-order valence-corrected chi connectivity index (χ2v) is 4.78. The molecule has 0 spiro atoms. The van der Waals surface area contributed by atoms with Crippen molar-refractivity contribution in [2.24, 2.45) is 0 Å². The van der Waals surface area contributed by atoms with E-state index >= 15 is 0 Å². The zero-order valence-electron chi connectivity index (χ0n) is 11.9. The number of rotatable bonds is 4. The third-order valence-corrected chi connectivity index (χ3v) is 3.09. The van der Waals surface area contributed by atoms with Crippen LogP contribution in [0.5, 0.6) is 0 Å². The van der Waals surface area contributed by atoms with Crippen molar-refractivity contribution < 1.29 is 19.4 Å². The number of hydrogen-bond acceptors (Lipinski definition) is 6. The third kappa shape index (κ3) is 4.42. The standard InChI is InChI=1S/C12H19N5O4/c1-2-21-12(20)13-10-7-17(15-14-10)8-11(19)16-5-3-4-9(18)6-16/h7,9,18H,2-6,8H2,1H3,(H,13,20). The van der Waals surface area contributed by atoms with Crippen LogP contribution in [0.1, 0.15) is 19.8 Å². The fourth-order valence-electron chi connectivity index (χ4n) is 2.12. The maximum Gasteiger partial charge on any atom is 0.412 e. The molecule has 0 bridgehead atoms. The van der Waals surface area contributed by atoms with Gasteiger partial charge in [0.2, 0.25) is 5.91 Å². The summed E-state index contributed by atoms with van der Waals surface area (Å²) in [5.41, 5.74) is 0. The lowest BCUT2D eigenvalue weighted by Crippen LogP contribution is -2.43. The second kappa shape index (κ2) is 7.02. The Bertz CT molecular complexity index is 504. The number of likely N-dealkylation sites (tertiary alicyclic amines) is 1. The fraction of sp³-hybridized carbons (Fsp3) is 0.667. The highest BCUT2D eigenvalue weighted by atomic mass is 16.5. The molecule has 1 atom stereocenters. The number of amides is 2. The minimum Gasteiger partial charge on any atom is -0.450 e. The summed E-state index contributed by atoms with van der Waals surface area (Å²) >= 11 is 0. The molecule has 1 aliphatic rings. The molecule has 2 amide bonds. The second-order valence-electron chi connectivity index (χ2n) is 4.78. The Morgan fingerprint density at radius 2 is 2.38 bits per heavy atom. The quantitative estimate of drug-likeness (QED) is 0.798. The largest absolute Gasteiger partial charge is 0.450 e. The van der Waals surface area contributed by atoms with Gasteiger partial charge >= 0.3 is 6.09 Å². The Morgan fingerprint density at radius 1 is 1.57 bits per heavy atom. The lowest BCUT2D eigenvalue weighted by atomic mass is 10.1. The third-order valence-electron chi connectivity index (χ3n) is 3.09. The summed E-state index contributed by atoms with van der Waals surface area (Å²) in [5.74, 6) is 0.0845. The van der Waals surface area contributed by atoms with Crippen molar-refractivity contribution >= 4 is 17.8 Å². The van der Waals surface area contributed by atoms with Crippen LogP contribution in [0, 0.1) is 0 Å². The molecular weight excluding hydrogens is 278 g/mol.